The summed E-state index contributed by atoms with van der Waals surface area (Å²) in [6, 6.07) is 5.69. The van der Waals surface area contributed by atoms with Gasteiger partial charge in [0.25, 0.3) is 5.92 Å². The van der Waals surface area contributed by atoms with E-state index in [-0.39, 0.29) is 12.4 Å². The van der Waals surface area contributed by atoms with Crippen molar-refractivity contribution in [3.8, 4) is 0 Å². The van der Waals surface area contributed by atoms with Crippen LogP contribution in [0.5, 0.6) is 0 Å². The van der Waals surface area contributed by atoms with Crippen LogP contribution >= 0.6 is 12.4 Å². The van der Waals surface area contributed by atoms with Crippen molar-refractivity contribution in [3.05, 3.63) is 36.0 Å². The van der Waals surface area contributed by atoms with Crippen LogP contribution in [-0.4, -0.2) is 22.2 Å². The van der Waals surface area contributed by atoms with Crippen LogP contribution in [0.1, 0.15) is 11.6 Å². The first kappa shape index (κ1) is 14.9. The standard InChI is InChI=1S/C12H14F2N2O.ClH/c1-16-6-9(11(15)12(13,14)7-17)8-4-2-3-5-10(8)16;/h2-6,11,17H,7,15H2,1H3;1H/t11-;/m0./s1. The summed E-state index contributed by atoms with van der Waals surface area (Å²) in [6.07, 6.45) is 1.58. The van der Waals surface area contributed by atoms with Crippen molar-refractivity contribution in [2.45, 2.75) is 12.0 Å². The number of aromatic nitrogens is 1. The van der Waals surface area contributed by atoms with Crippen molar-refractivity contribution in [2.75, 3.05) is 6.61 Å². The van der Waals surface area contributed by atoms with Crippen molar-refractivity contribution in [2.24, 2.45) is 12.8 Å². The summed E-state index contributed by atoms with van der Waals surface area (Å²) >= 11 is 0. The third-order valence-electron chi connectivity index (χ3n) is 2.93. The fourth-order valence-electron chi connectivity index (χ4n) is 1.95. The second-order valence-corrected chi connectivity index (χ2v) is 4.11. The fraction of sp³-hybridized carbons (Fsp3) is 0.333. The number of rotatable bonds is 3. The van der Waals surface area contributed by atoms with E-state index in [0.29, 0.717) is 10.9 Å². The van der Waals surface area contributed by atoms with Gasteiger partial charge in [-0.25, -0.2) is 8.78 Å². The lowest BCUT2D eigenvalue weighted by Crippen LogP contribution is -2.36. The van der Waals surface area contributed by atoms with Crippen LogP contribution in [0.3, 0.4) is 0 Å². The molecule has 0 aliphatic carbocycles. The Balaban J connectivity index is 0.00000162. The summed E-state index contributed by atoms with van der Waals surface area (Å²) in [4.78, 5) is 0. The third-order valence-corrected chi connectivity index (χ3v) is 2.93. The SMILES string of the molecule is Cl.Cn1cc([C@H](N)C(F)(F)CO)c2ccccc21. The molecule has 1 aromatic heterocycles. The van der Waals surface area contributed by atoms with Gasteiger partial charge in [-0.2, -0.15) is 0 Å². The maximum Gasteiger partial charge on any atom is 0.289 e. The third kappa shape index (κ3) is 2.34. The number of fused-ring (bicyclic) bond motifs is 1. The minimum Gasteiger partial charge on any atom is -0.390 e. The van der Waals surface area contributed by atoms with Crippen molar-refractivity contribution in [1.82, 2.24) is 4.57 Å². The van der Waals surface area contributed by atoms with Crippen LogP contribution in [0.4, 0.5) is 8.78 Å². The molecule has 1 aromatic carbocycles. The van der Waals surface area contributed by atoms with Crippen LogP contribution < -0.4 is 5.73 Å². The first-order chi connectivity index (χ1) is 7.97. The van der Waals surface area contributed by atoms with Gasteiger partial charge in [0, 0.05) is 29.7 Å². The lowest BCUT2D eigenvalue weighted by Gasteiger charge is -2.20. The first-order valence-electron chi connectivity index (χ1n) is 5.25. The summed E-state index contributed by atoms with van der Waals surface area (Å²) in [7, 11) is 1.77. The van der Waals surface area contributed by atoms with Gasteiger partial charge in [-0.3, -0.25) is 0 Å². The monoisotopic (exact) mass is 276 g/mol. The fourth-order valence-corrected chi connectivity index (χ4v) is 1.95. The molecule has 1 atom stereocenters. The molecule has 0 radical (unpaired) electrons. The van der Waals surface area contributed by atoms with E-state index in [1.54, 1.807) is 29.9 Å². The Morgan fingerprint density at radius 2 is 2.00 bits per heavy atom. The van der Waals surface area contributed by atoms with Crippen molar-refractivity contribution >= 4 is 23.3 Å². The summed E-state index contributed by atoms with van der Waals surface area (Å²) in [5.41, 5.74) is 6.73. The molecule has 1 heterocycles. The largest absolute Gasteiger partial charge is 0.390 e. The smallest absolute Gasteiger partial charge is 0.289 e. The number of para-hydroxylation sites is 1. The predicted octanol–water partition coefficient (Wildman–Crippen LogP) is 2.23. The van der Waals surface area contributed by atoms with Gasteiger partial charge in [0.1, 0.15) is 6.61 Å². The predicted molar refractivity (Wildman–Crippen MR) is 69.1 cm³/mol. The number of hydrogen-bond acceptors (Lipinski definition) is 2. The van der Waals surface area contributed by atoms with Gasteiger partial charge in [0.15, 0.2) is 0 Å². The average Bonchev–Trinajstić information content (AvgIpc) is 2.66. The number of benzene rings is 1. The molecular formula is C12H15ClF2N2O. The summed E-state index contributed by atoms with van der Waals surface area (Å²) < 4.78 is 28.5. The maximum atomic E-state index is 13.4. The van der Waals surface area contributed by atoms with E-state index in [1.165, 1.54) is 0 Å². The second kappa shape index (κ2) is 5.22. The van der Waals surface area contributed by atoms with Crippen LogP contribution in [0, 0.1) is 0 Å². The first-order valence-corrected chi connectivity index (χ1v) is 5.25. The molecule has 0 saturated carbocycles. The van der Waals surface area contributed by atoms with Gasteiger partial charge >= 0.3 is 0 Å². The number of hydrogen-bond donors (Lipinski definition) is 2. The zero-order chi connectivity index (χ0) is 12.6. The zero-order valence-corrected chi connectivity index (χ0v) is 10.6. The van der Waals surface area contributed by atoms with Gasteiger partial charge in [0.05, 0.1) is 6.04 Å². The Morgan fingerprint density at radius 3 is 2.61 bits per heavy atom. The molecule has 3 N–H and O–H groups in total. The van der Waals surface area contributed by atoms with Crippen LogP contribution in [0.2, 0.25) is 0 Å². The molecule has 0 fully saturated rings. The van der Waals surface area contributed by atoms with E-state index in [2.05, 4.69) is 0 Å². The molecule has 3 nitrogen and oxygen atoms in total. The molecule has 0 bridgehead atoms. The van der Waals surface area contributed by atoms with E-state index < -0.39 is 18.6 Å². The highest BCUT2D eigenvalue weighted by Crippen LogP contribution is 2.33. The zero-order valence-electron chi connectivity index (χ0n) is 9.81. The molecule has 6 heteroatoms. The van der Waals surface area contributed by atoms with Gasteiger partial charge in [-0.05, 0) is 6.07 Å². The summed E-state index contributed by atoms with van der Waals surface area (Å²) in [5.74, 6) is -3.32. The number of nitrogens with two attached hydrogens (primary N) is 1. The molecule has 0 aliphatic heterocycles. The number of alkyl halides is 2. The van der Waals surface area contributed by atoms with Crippen molar-refractivity contribution in [1.29, 1.82) is 0 Å². The summed E-state index contributed by atoms with van der Waals surface area (Å²) in [6.45, 7) is -1.25. The highest BCUT2D eigenvalue weighted by Gasteiger charge is 2.38. The highest BCUT2D eigenvalue weighted by molar-refractivity contribution is 5.85. The number of aliphatic hydroxyl groups is 1. The van der Waals surface area contributed by atoms with E-state index in [9.17, 15) is 8.78 Å². The lowest BCUT2D eigenvalue weighted by molar-refractivity contribution is -0.0708. The Hall–Kier alpha value is -1.17. The van der Waals surface area contributed by atoms with Crippen LogP contribution in [0.15, 0.2) is 30.5 Å². The van der Waals surface area contributed by atoms with E-state index >= 15 is 0 Å². The minimum absolute atomic E-state index is 0. The summed E-state index contributed by atoms with van der Waals surface area (Å²) in [5, 5.41) is 9.36. The van der Waals surface area contributed by atoms with Gasteiger partial charge in [0.2, 0.25) is 0 Å². The number of halogens is 3. The number of aliphatic hydroxyl groups excluding tert-OH is 1. The molecule has 0 unspecified atom stereocenters. The number of nitrogens with zero attached hydrogens (tertiary/aromatic N) is 1. The molecule has 0 spiro atoms. The minimum atomic E-state index is -3.32. The Bertz CT molecular complexity index is 542. The van der Waals surface area contributed by atoms with Gasteiger partial charge in [-0.15, -0.1) is 12.4 Å². The normalized spacial score (nSPS) is 13.4. The van der Waals surface area contributed by atoms with Crippen LogP contribution in [-0.2, 0) is 7.05 Å². The molecule has 0 amide bonds. The molecule has 2 aromatic rings. The topological polar surface area (TPSA) is 51.2 Å². The molecule has 0 saturated heterocycles. The Kier molecular flexibility index (Phi) is 4.32. The maximum absolute atomic E-state index is 13.4. The van der Waals surface area contributed by atoms with Gasteiger partial charge < -0.3 is 15.4 Å². The number of aryl methyl sites for hydroxylation is 1. The molecule has 0 aliphatic rings. The van der Waals surface area contributed by atoms with Crippen molar-refractivity contribution in [3.63, 3.8) is 0 Å². The van der Waals surface area contributed by atoms with E-state index in [4.69, 9.17) is 10.8 Å². The second-order valence-electron chi connectivity index (χ2n) is 4.11. The molecular weight excluding hydrogens is 262 g/mol. The highest BCUT2D eigenvalue weighted by atomic mass is 35.5. The van der Waals surface area contributed by atoms with Crippen LogP contribution in [0.25, 0.3) is 10.9 Å². The van der Waals surface area contributed by atoms with Gasteiger partial charge in [-0.1, -0.05) is 18.2 Å². The van der Waals surface area contributed by atoms with E-state index in [0.717, 1.165) is 5.52 Å². The quantitative estimate of drug-likeness (QED) is 0.903. The lowest BCUT2D eigenvalue weighted by atomic mass is 10.0. The Morgan fingerprint density at radius 1 is 1.39 bits per heavy atom. The Labute approximate surface area is 110 Å². The molecule has 18 heavy (non-hydrogen) atoms. The average molecular weight is 277 g/mol. The molecule has 2 rings (SSSR count). The van der Waals surface area contributed by atoms with Crippen molar-refractivity contribution < 1.29 is 13.9 Å². The molecule has 100 valence electrons. The van der Waals surface area contributed by atoms with E-state index in [1.807, 2.05) is 12.1 Å².